The highest BCUT2D eigenvalue weighted by atomic mass is 16.4. The topological polar surface area (TPSA) is 62.1 Å². The number of hydrogen-bond donors (Lipinski definition) is 1. The van der Waals surface area contributed by atoms with Gasteiger partial charge in [0.1, 0.15) is 17.0 Å². The van der Waals surface area contributed by atoms with Gasteiger partial charge in [-0.05, 0) is 32.0 Å². The summed E-state index contributed by atoms with van der Waals surface area (Å²) in [5.41, 5.74) is 5.27. The average molecular weight is 436 g/mol. The summed E-state index contributed by atoms with van der Waals surface area (Å²) in [5.74, 6) is 0.496. The summed E-state index contributed by atoms with van der Waals surface area (Å²) in [7, 11) is 0. The first-order valence-electron chi connectivity index (χ1n) is 11.2. The van der Waals surface area contributed by atoms with Crippen molar-refractivity contribution in [3.63, 3.8) is 0 Å². The van der Waals surface area contributed by atoms with Crippen LogP contribution in [-0.4, -0.2) is 23.1 Å². The van der Waals surface area contributed by atoms with E-state index in [0.29, 0.717) is 17.0 Å². The van der Waals surface area contributed by atoms with Gasteiger partial charge in [-0.3, -0.25) is 0 Å². The summed E-state index contributed by atoms with van der Waals surface area (Å²) in [4.78, 5) is 23.5. The summed E-state index contributed by atoms with van der Waals surface area (Å²) < 4.78 is 5.75. The molecule has 5 rings (SSSR count). The minimum absolute atomic E-state index is 0.410. The normalized spacial score (nSPS) is 11.1. The van der Waals surface area contributed by atoms with Crippen LogP contribution in [0.3, 0.4) is 0 Å². The van der Waals surface area contributed by atoms with Crippen molar-refractivity contribution in [2.24, 2.45) is 0 Å². The maximum Gasteiger partial charge on any atom is 0.347 e. The fourth-order valence-corrected chi connectivity index (χ4v) is 4.17. The monoisotopic (exact) mass is 435 g/mol. The number of H-pyrrole nitrogens is 1. The molecule has 0 amide bonds. The molecule has 0 radical (unpaired) electrons. The molecule has 0 bridgehead atoms. The van der Waals surface area contributed by atoms with Crippen LogP contribution < -0.4 is 10.5 Å². The van der Waals surface area contributed by atoms with E-state index in [2.05, 4.69) is 29.8 Å². The van der Waals surface area contributed by atoms with Crippen LogP contribution in [0.15, 0.2) is 94.1 Å². The van der Waals surface area contributed by atoms with Crippen LogP contribution >= 0.6 is 0 Å². The zero-order valence-electron chi connectivity index (χ0n) is 18.7. The number of hydrogen-bond acceptors (Lipinski definition) is 4. The lowest BCUT2D eigenvalue weighted by molar-refractivity contribution is 0.563. The Morgan fingerprint density at radius 2 is 1.52 bits per heavy atom. The van der Waals surface area contributed by atoms with Gasteiger partial charge in [-0.1, -0.05) is 60.7 Å². The number of imidazole rings is 1. The van der Waals surface area contributed by atoms with Gasteiger partial charge in [-0.25, -0.2) is 9.78 Å². The summed E-state index contributed by atoms with van der Waals surface area (Å²) in [6, 6.07) is 27.8. The Morgan fingerprint density at radius 1 is 0.848 bits per heavy atom. The fraction of sp³-hybridized carbons (Fsp3) is 0.143. The van der Waals surface area contributed by atoms with Gasteiger partial charge in [0, 0.05) is 41.4 Å². The number of aromatic nitrogens is 2. The van der Waals surface area contributed by atoms with Crippen molar-refractivity contribution in [1.29, 1.82) is 0 Å². The van der Waals surface area contributed by atoms with Crippen LogP contribution in [0.1, 0.15) is 13.8 Å². The van der Waals surface area contributed by atoms with E-state index >= 15 is 0 Å². The lowest BCUT2D eigenvalue weighted by atomic mass is 10.1. The predicted octanol–water partition coefficient (Wildman–Crippen LogP) is 6.36. The number of aromatic amines is 1. The lowest BCUT2D eigenvalue weighted by Gasteiger charge is -2.20. The van der Waals surface area contributed by atoms with Crippen molar-refractivity contribution in [3.05, 3.63) is 95.3 Å². The molecule has 5 nitrogen and oxygen atoms in total. The summed E-state index contributed by atoms with van der Waals surface area (Å²) in [6.45, 7) is 6.00. The Morgan fingerprint density at radius 3 is 2.18 bits per heavy atom. The van der Waals surface area contributed by atoms with E-state index in [1.54, 1.807) is 0 Å². The summed E-state index contributed by atoms with van der Waals surface area (Å²) >= 11 is 0. The zero-order chi connectivity index (χ0) is 22.8. The molecule has 5 heteroatoms. The molecule has 2 heterocycles. The van der Waals surface area contributed by atoms with Gasteiger partial charge in [-0.15, -0.1) is 0 Å². The van der Waals surface area contributed by atoms with E-state index < -0.39 is 5.63 Å². The van der Waals surface area contributed by atoms with Gasteiger partial charge in [0.15, 0.2) is 0 Å². The third-order valence-electron chi connectivity index (χ3n) is 5.92. The molecule has 3 aromatic carbocycles. The maximum absolute atomic E-state index is 13.0. The molecule has 1 N–H and O–H groups in total. The molecular weight excluding hydrogens is 410 g/mol. The van der Waals surface area contributed by atoms with Gasteiger partial charge in [-0.2, -0.15) is 0 Å². The summed E-state index contributed by atoms with van der Waals surface area (Å²) in [6.07, 6.45) is 0. The maximum atomic E-state index is 13.0. The molecular formula is C28H25N3O2. The number of rotatable bonds is 6. The Balaban J connectivity index is 1.65. The Labute approximate surface area is 192 Å². The largest absolute Gasteiger partial charge is 0.422 e. The SMILES string of the molecule is CCN(CC)c1ccc2cc(-c3nc(-c4ccccc4)c(-c4ccccc4)[nH]3)c(=O)oc2c1. The number of nitrogens with zero attached hydrogens (tertiary/aromatic N) is 2. The second kappa shape index (κ2) is 8.79. The lowest BCUT2D eigenvalue weighted by Crippen LogP contribution is -2.21. The minimum Gasteiger partial charge on any atom is -0.422 e. The van der Waals surface area contributed by atoms with Gasteiger partial charge in [0.05, 0.1) is 11.4 Å². The van der Waals surface area contributed by atoms with Gasteiger partial charge < -0.3 is 14.3 Å². The molecule has 0 aliphatic carbocycles. The first-order valence-corrected chi connectivity index (χ1v) is 11.2. The number of fused-ring (bicyclic) bond motifs is 1. The quantitative estimate of drug-likeness (QED) is 0.315. The number of benzene rings is 3. The van der Waals surface area contributed by atoms with E-state index in [4.69, 9.17) is 9.40 Å². The first-order chi connectivity index (χ1) is 16.2. The van der Waals surface area contributed by atoms with Crippen LogP contribution in [-0.2, 0) is 0 Å². The standard InChI is InChI=1S/C28H25N3O2/c1-3-31(4-2)22-16-15-21-17-23(28(32)33-24(21)18-22)27-29-25(19-11-7-5-8-12-19)26(30-27)20-13-9-6-10-14-20/h5-18H,3-4H2,1-2H3,(H,29,30). The van der Waals surface area contributed by atoms with Crippen molar-refractivity contribution in [2.75, 3.05) is 18.0 Å². The molecule has 0 spiro atoms. The van der Waals surface area contributed by atoms with E-state index in [9.17, 15) is 4.79 Å². The molecule has 0 unspecified atom stereocenters. The van der Waals surface area contributed by atoms with Gasteiger partial charge >= 0.3 is 5.63 Å². The van der Waals surface area contributed by atoms with Crippen LogP contribution in [0, 0.1) is 0 Å². The number of nitrogens with one attached hydrogen (secondary N) is 1. The van der Waals surface area contributed by atoms with E-state index in [-0.39, 0.29) is 0 Å². The van der Waals surface area contributed by atoms with Crippen LogP contribution in [0.5, 0.6) is 0 Å². The highest BCUT2D eigenvalue weighted by Gasteiger charge is 2.18. The molecule has 33 heavy (non-hydrogen) atoms. The molecule has 5 aromatic rings. The Bertz CT molecular complexity index is 1390. The second-order valence-corrected chi connectivity index (χ2v) is 7.88. The molecule has 0 fully saturated rings. The smallest absolute Gasteiger partial charge is 0.347 e. The van der Waals surface area contributed by atoms with Crippen molar-refractivity contribution in [2.45, 2.75) is 13.8 Å². The van der Waals surface area contributed by atoms with Crippen LogP contribution in [0.2, 0.25) is 0 Å². The van der Waals surface area contributed by atoms with Crippen LogP contribution in [0.4, 0.5) is 5.69 Å². The van der Waals surface area contributed by atoms with Gasteiger partial charge in [0.2, 0.25) is 0 Å². The molecule has 0 aliphatic rings. The minimum atomic E-state index is -0.410. The van der Waals surface area contributed by atoms with E-state index in [0.717, 1.165) is 46.7 Å². The van der Waals surface area contributed by atoms with Crippen molar-refractivity contribution in [1.82, 2.24) is 9.97 Å². The van der Waals surface area contributed by atoms with Crippen molar-refractivity contribution in [3.8, 4) is 33.9 Å². The zero-order valence-corrected chi connectivity index (χ0v) is 18.7. The second-order valence-electron chi connectivity index (χ2n) is 7.88. The molecule has 164 valence electrons. The molecule has 0 atom stereocenters. The third kappa shape index (κ3) is 3.94. The third-order valence-corrected chi connectivity index (χ3v) is 5.92. The Hall–Kier alpha value is -4.12. The number of anilines is 1. The Kier molecular flexibility index (Phi) is 5.53. The van der Waals surface area contributed by atoms with E-state index in [1.807, 2.05) is 78.9 Å². The molecule has 2 aromatic heterocycles. The fourth-order valence-electron chi connectivity index (χ4n) is 4.17. The molecule has 0 saturated carbocycles. The summed E-state index contributed by atoms with van der Waals surface area (Å²) in [5, 5.41) is 0.861. The van der Waals surface area contributed by atoms with Gasteiger partial charge in [0.25, 0.3) is 0 Å². The average Bonchev–Trinajstić information content (AvgIpc) is 3.31. The predicted molar refractivity (Wildman–Crippen MR) is 134 cm³/mol. The highest BCUT2D eigenvalue weighted by molar-refractivity contribution is 5.86. The molecule has 0 aliphatic heterocycles. The van der Waals surface area contributed by atoms with E-state index in [1.165, 1.54) is 0 Å². The van der Waals surface area contributed by atoms with Crippen molar-refractivity contribution < 1.29 is 4.42 Å². The first kappa shape index (κ1) is 20.8. The van der Waals surface area contributed by atoms with Crippen molar-refractivity contribution >= 4 is 16.7 Å². The highest BCUT2D eigenvalue weighted by Crippen LogP contribution is 2.33. The van der Waals surface area contributed by atoms with Crippen LogP contribution in [0.25, 0.3) is 44.9 Å². The molecule has 0 saturated heterocycles.